The highest BCUT2D eigenvalue weighted by molar-refractivity contribution is 7.89. The van der Waals surface area contributed by atoms with Crippen molar-refractivity contribution in [1.29, 1.82) is 0 Å². The highest BCUT2D eigenvalue weighted by atomic mass is 32.2. The van der Waals surface area contributed by atoms with E-state index in [2.05, 4.69) is 10.6 Å². The third-order valence-corrected chi connectivity index (χ3v) is 20.8. The van der Waals surface area contributed by atoms with Gasteiger partial charge in [0.2, 0.25) is 63.2 Å². The second kappa shape index (κ2) is 38.9. The van der Waals surface area contributed by atoms with E-state index in [1.165, 1.54) is 114 Å². The van der Waals surface area contributed by atoms with Gasteiger partial charge in [0.15, 0.2) is 17.3 Å². The number of nitrogens with zero attached hydrogens (tertiary/aromatic N) is 8. The van der Waals surface area contributed by atoms with Gasteiger partial charge in [0.25, 0.3) is 0 Å². The zero-order valence-corrected chi connectivity index (χ0v) is 63.4. The number of amides is 9. The molecular formula is C69H124N10O15S. The van der Waals surface area contributed by atoms with Crippen LogP contribution in [0.3, 0.4) is 0 Å². The van der Waals surface area contributed by atoms with Gasteiger partial charge in [-0.25, -0.2) is 12.7 Å². The normalized spacial score (nSPS) is 26.4. The molecule has 3 N–H and O–H groups in total. The van der Waals surface area contributed by atoms with Crippen LogP contribution in [-0.2, 0) is 67.6 Å². The molecule has 0 bridgehead atoms. The molecule has 0 aromatic carbocycles. The molecule has 1 fully saturated rings. The van der Waals surface area contributed by atoms with Gasteiger partial charge < -0.3 is 50.0 Å². The summed E-state index contributed by atoms with van der Waals surface area (Å²) in [6.07, 6.45) is -1.92. The topological polar surface area (TPSA) is 309 Å². The Kier molecular flexibility index (Phi) is 35.7. The lowest BCUT2D eigenvalue weighted by Gasteiger charge is -2.42. The van der Waals surface area contributed by atoms with Gasteiger partial charge in [0.05, 0.1) is 23.9 Å². The predicted molar refractivity (Wildman–Crippen MR) is 367 cm³/mol. The zero-order chi connectivity index (χ0) is 73.9. The predicted octanol–water partition coefficient (Wildman–Crippen LogP) is 4.75. The monoisotopic (exact) mass is 1360 g/mol. The van der Waals surface area contributed by atoms with Crippen molar-refractivity contribution in [2.75, 3.05) is 75.7 Å². The van der Waals surface area contributed by atoms with Gasteiger partial charge in [-0.15, -0.1) is 0 Å². The van der Waals surface area contributed by atoms with Gasteiger partial charge in [-0.3, -0.25) is 57.5 Å². The van der Waals surface area contributed by atoms with Gasteiger partial charge in [0.1, 0.15) is 36.3 Å². The maximum absolute atomic E-state index is 15.4. The lowest BCUT2D eigenvalue weighted by atomic mass is 9.84. The van der Waals surface area contributed by atoms with E-state index in [0.29, 0.717) is 0 Å². The minimum absolute atomic E-state index is 0.0633. The van der Waals surface area contributed by atoms with E-state index < -0.39 is 183 Å². The molecule has 25 nitrogen and oxygen atoms in total. The smallest absolute Gasteiger partial charge is 0.246 e. The molecule has 0 radical (unpaired) electrons. The van der Waals surface area contributed by atoms with Crippen molar-refractivity contribution in [3.8, 4) is 0 Å². The number of sulfonamides is 1. The molecule has 1 saturated heterocycles. The van der Waals surface area contributed by atoms with Gasteiger partial charge in [-0.05, 0) is 93.8 Å². The highest BCUT2D eigenvalue weighted by Crippen LogP contribution is 2.30. The number of aliphatic hydroxyl groups excluding tert-OH is 1. The third-order valence-electron chi connectivity index (χ3n) is 19.0. The van der Waals surface area contributed by atoms with Crippen molar-refractivity contribution < 1.29 is 71.1 Å². The van der Waals surface area contributed by atoms with Crippen molar-refractivity contribution in [2.24, 2.45) is 59.2 Å². The fourth-order valence-corrected chi connectivity index (χ4v) is 13.3. The van der Waals surface area contributed by atoms with Crippen molar-refractivity contribution in [2.45, 2.75) is 236 Å². The molecule has 1 rings (SSSR count). The molecule has 9 amide bonds. The average Bonchev–Trinajstić information content (AvgIpc) is 0.809. The van der Waals surface area contributed by atoms with Crippen molar-refractivity contribution in [1.82, 2.24) is 49.2 Å². The minimum Gasteiger partial charge on any atom is -0.390 e. The van der Waals surface area contributed by atoms with Crippen molar-refractivity contribution in [3.63, 3.8) is 0 Å². The van der Waals surface area contributed by atoms with Gasteiger partial charge in [0, 0.05) is 113 Å². The van der Waals surface area contributed by atoms with Crippen LogP contribution in [0.5, 0.6) is 0 Å². The first-order chi connectivity index (χ1) is 43.6. The number of hydrogen-bond acceptors (Lipinski definition) is 15. The van der Waals surface area contributed by atoms with Crippen LogP contribution in [0.25, 0.3) is 0 Å². The van der Waals surface area contributed by atoms with Crippen LogP contribution in [0.1, 0.15) is 182 Å². The molecule has 0 aromatic heterocycles. The molecule has 95 heavy (non-hydrogen) atoms. The fourth-order valence-electron chi connectivity index (χ4n) is 12.6. The Hall–Kier alpha value is -5.89. The summed E-state index contributed by atoms with van der Waals surface area (Å²) in [6.45, 7) is 29.3. The van der Waals surface area contributed by atoms with Crippen LogP contribution < -0.4 is 10.6 Å². The molecule has 1 heterocycles. The Morgan fingerprint density at radius 3 is 1.42 bits per heavy atom. The van der Waals surface area contributed by atoms with E-state index in [0.717, 1.165) is 9.21 Å². The summed E-state index contributed by atoms with van der Waals surface area (Å²) in [6, 6.07) is -9.84. The average molecular weight is 1370 g/mol. The summed E-state index contributed by atoms with van der Waals surface area (Å²) in [7, 11) is 9.15. The van der Waals surface area contributed by atoms with E-state index in [4.69, 9.17) is 0 Å². The summed E-state index contributed by atoms with van der Waals surface area (Å²) in [5.74, 6) is -13.2. The molecule has 1 aliphatic heterocycles. The van der Waals surface area contributed by atoms with Crippen molar-refractivity contribution >= 4 is 80.5 Å². The number of nitrogens with one attached hydrogen (secondary N) is 2. The Morgan fingerprint density at radius 1 is 0.537 bits per heavy atom. The number of rotatable bonds is 20. The Labute approximate surface area is 569 Å². The molecule has 0 spiro atoms. The first-order valence-electron chi connectivity index (χ1n) is 34.2. The molecule has 0 aromatic rings. The zero-order valence-electron chi connectivity index (χ0n) is 62.6. The quantitative estimate of drug-likeness (QED) is 0.148. The van der Waals surface area contributed by atoms with E-state index in [1.54, 1.807) is 55.4 Å². The first kappa shape index (κ1) is 87.1. The molecule has 1 unspecified atom stereocenters. The number of hydrogen-bond donors (Lipinski definition) is 3. The van der Waals surface area contributed by atoms with Crippen LogP contribution in [0.4, 0.5) is 0 Å². The second-order valence-electron chi connectivity index (χ2n) is 29.5. The summed E-state index contributed by atoms with van der Waals surface area (Å²) in [4.78, 5) is 184. The van der Waals surface area contributed by atoms with Crippen LogP contribution in [0, 0.1) is 59.2 Å². The molecule has 0 saturated carbocycles. The Balaban J connectivity index is 4.35. The van der Waals surface area contributed by atoms with E-state index in [-0.39, 0.29) is 87.8 Å². The van der Waals surface area contributed by atoms with Crippen LogP contribution in [0.15, 0.2) is 0 Å². The molecular weight excluding hydrogens is 1240 g/mol. The van der Waals surface area contributed by atoms with E-state index >= 15 is 14.4 Å². The Bertz CT molecular complexity index is 2760. The standard InChI is InChI=1S/C69H124N10O15S/c1-27-49-37-56(82)60(61(84)45(14)29-28-30-57(83)70-31-32-95(93,94)72(18)19)79(26)69(92)59(44(12)13)78(25)67(90)53(35-41(6)7)76(23)68(91)58(43(10)11)77(24)63(86)47(16)71-62(85)46(15)36-54(80)51(33-39(2)3)75(22)66(89)50(42(8)9)38-55(81)52(34-40(4)5)74(21)64(87)48(17)73(20)65(49)88/h39-53,58-61,84H,27-38H2,1-26H3,(H,70,83)(H,71,85)/t45-,46+,47+,48-,49+,50-,51-,52+,53-,58?,59-,60+,61-/m1/s1. The summed E-state index contributed by atoms with van der Waals surface area (Å²) < 4.78 is 25.7. The number of carbonyl (C=O) groups is 12. The molecule has 13 atom stereocenters. The van der Waals surface area contributed by atoms with Crippen LogP contribution in [-0.4, -0.2) is 253 Å². The molecule has 26 heteroatoms. The van der Waals surface area contributed by atoms with Crippen LogP contribution in [0.2, 0.25) is 0 Å². The first-order valence-corrected chi connectivity index (χ1v) is 35.9. The fraction of sp³-hybridized carbons (Fsp3) is 0.826. The summed E-state index contributed by atoms with van der Waals surface area (Å²) in [5.41, 5.74) is 0. The summed E-state index contributed by atoms with van der Waals surface area (Å²) in [5, 5.41) is 17.8. The largest absolute Gasteiger partial charge is 0.390 e. The highest BCUT2D eigenvalue weighted by Gasteiger charge is 2.46. The molecule has 1 aliphatic rings. The van der Waals surface area contributed by atoms with Crippen molar-refractivity contribution in [3.05, 3.63) is 0 Å². The lowest BCUT2D eigenvalue weighted by molar-refractivity contribution is -0.157. The maximum Gasteiger partial charge on any atom is 0.246 e. The third kappa shape index (κ3) is 24.6. The van der Waals surface area contributed by atoms with Gasteiger partial charge in [-0.1, -0.05) is 104 Å². The molecule has 0 aliphatic carbocycles. The number of Topliss-reactive ketones (excluding diaryl/α,β-unsaturated/α-hetero) is 3. The SMILES string of the molecule is CC[C@H]1CC(=O)[C@@H]([C@H](O)[C@H](C)CCCC(=O)NCCS(=O)(=O)N(C)C)N(C)C(=O)[C@@H](C(C)C)N(C)C(=O)[C@@H](CC(C)C)N(C)C(=O)C(C(C)C)N(C)C(=O)[C@H](C)NC(=O)[C@@H](C)CC(=O)[C@@H](CC(C)C)N(C)C(=O)[C@@H](C(C)C)CC(=O)[C@H](CC(C)C)N(C)C(=O)[C@@H](C)N(C)C1=O. The number of carbonyl (C=O) groups excluding carboxylic acids is 12. The Morgan fingerprint density at radius 2 is 0.968 bits per heavy atom. The number of ketones is 3. The number of likely N-dealkylation sites (N-methyl/N-ethyl adjacent to an activating group) is 7. The minimum atomic E-state index is -3.59. The van der Waals surface area contributed by atoms with Gasteiger partial charge in [-0.2, -0.15) is 0 Å². The van der Waals surface area contributed by atoms with E-state index in [9.17, 15) is 56.7 Å². The second-order valence-corrected chi connectivity index (χ2v) is 31.8. The maximum atomic E-state index is 15.4. The lowest BCUT2D eigenvalue weighted by Crippen LogP contribution is -2.62. The van der Waals surface area contributed by atoms with Crippen LogP contribution >= 0.6 is 0 Å². The van der Waals surface area contributed by atoms with E-state index in [1.807, 2.05) is 41.5 Å². The number of aliphatic hydroxyl groups is 1. The van der Waals surface area contributed by atoms with Gasteiger partial charge >= 0.3 is 0 Å². The summed E-state index contributed by atoms with van der Waals surface area (Å²) >= 11 is 0. The molecule has 546 valence electrons.